The normalized spacial score (nSPS) is 17.4. The third-order valence-electron chi connectivity index (χ3n) is 4.43. The molecule has 0 radical (unpaired) electrons. The van der Waals surface area contributed by atoms with E-state index in [0.717, 1.165) is 47.3 Å². The van der Waals surface area contributed by atoms with Crippen molar-refractivity contribution in [1.29, 1.82) is 0 Å². The van der Waals surface area contributed by atoms with Crippen molar-refractivity contribution >= 4 is 17.2 Å². The van der Waals surface area contributed by atoms with Crippen LogP contribution in [-0.2, 0) is 0 Å². The van der Waals surface area contributed by atoms with E-state index in [2.05, 4.69) is 10.1 Å². The van der Waals surface area contributed by atoms with Crippen LogP contribution >= 0.6 is 11.3 Å². The van der Waals surface area contributed by atoms with Crippen molar-refractivity contribution in [2.75, 3.05) is 6.54 Å². The van der Waals surface area contributed by atoms with E-state index in [-0.39, 0.29) is 11.9 Å². The summed E-state index contributed by atoms with van der Waals surface area (Å²) in [5.74, 6) is 2.29. The van der Waals surface area contributed by atoms with Gasteiger partial charge in [-0.05, 0) is 45.7 Å². The molecule has 4 heterocycles. The Morgan fingerprint density at radius 3 is 2.84 bits per heavy atom. The third-order valence-corrected chi connectivity index (χ3v) is 5.59. The second kappa shape index (κ2) is 6.15. The summed E-state index contributed by atoms with van der Waals surface area (Å²) in [5.41, 5.74) is 1.57. The Kier molecular flexibility index (Phi) is 3.95. The van der Waals surface area contributed by atoms with Crippen molar-refractivity contribution in [3.8, 4) is 10.8 Å². The highest BCUT2D eigenvalue weighted by Crippen LogP contribution is 2.36. The molecule has 1 atom stereocenters. The van der Waals surface area contributed by atoms with Gasteiger partial charge in [-0.15, -0.1) is 11.3 Å². The largest absolute Gasteiger partial charge is 0.459 e. The third kappa shape index (κ3) is 2.89. The van der Waals surface area contributed by atoms with Gasteiger partial charge in [-0.1, -0.05) is 5.16 Å². The second-order valence-electron chi connectivity index (χ2n) is 6.37. The van der Waals surface area contributed by atoms with E-state index in [9.17, 15) is 4.79 Å². The predicted octanol–water partition coefficient (Wildman–Crippen LogP) is 4.29. The van der Waals surface area contributed by atoms with Crippen LogP contribution in [0.5, 0.6) is 0 Å². The summed E-state index contributed by atoms with van der Waals surface area (Å²) >= 11 is 1.38. The van der Waals surface area contributed by atoms with Gasteiger partial charge in [0, 0.05) is 12.6 Å². The number of thiazole rings is 1. The molecule has 0 saturated carbocycles. The molecule has 0 unspecified atom stereocenters. The number of carbonyl (C=O) groups is 1. The van der Waals surface area contributed by atoms with E-state index >= 15 is 0 Å². The highest BCUT2D eigenvalue weighted by Gasteiger charge is 2.35. The van der Waals surface area contributed by atoms with Gasteiger partial charge in [0.2, 0.25) is 0 Å². The molecule has 0 aromatic carbocycles. The fourth-order valence-electron chi connectivity index (χ4n) is 3.23. The van der Waals surface area contributed by atoms with E-state index in [1.165, 1.54) is 11.3 Å². The number of rotatable bonds is 3. The van der Waals surface area contributed by atoms with Crippen LogP contribution in [0.3, 0.4) is 0 Å². The monoisotopic (exact) mass is 357 g/mol. The van der Waals surface area contributed by atoms with Crippen LogP contribution in [-0.4, -0.2) is 27.5 Å². The standard InChI is InChI=1S/C18H19N3O3S/c1-10-9-15(24-20-10)13-5-4-8-21(13)18(22)16-12(3)19-17(25-16)14-7-6-11(2)23-14/h6-7,9,13H,4-5,8H2,1-3H3/t13-/m1/s1. The number of aromatic nitrogens is 2. The summed E-state index contributed by atoms with van der Waals surface area (Å²) in [6, 6.07) is 5.64. The molecule has 0 spiro atoms. The Balaban J connectivity index is 1.63. The quantitative estimate of drug-likeness (QED) is 0.699. The van der Waals surface area contributed by atoms with Crippen molar-refractivity contribution < 1.29 is 13.7 Å². The molecule has 1 aliphatic heterocycles. The summed E-state index contributed by atoms with van der Waals surface area (Å²) in [5, 5.41) is 4.69. The van der Waals surface area contributed by atoms with E-state index in [4.69, 9.17) is 8.94 Å². The predicted molar refractivity (Wildman–Crippen MR) is 93.5 cm³/mol. The lowest BCUT2D eigenvalue weighted by atomic mass is 10.1. The number of hydrogen-bond donors (Lipinski definition) is 0. The highest BCUT2D eigenvalue weighted by atomic mass is 32.1. The summed E-state index contributed by atoms with van der Waals surface area (Å²) < 4.78 is 11.0. The molecule has 6 nitrogen and oxygen atoms in total. The van der Waals surface area contributed by atoms with Crippen molar-refractivity contribution in [1.82, 2.24) is 15.0 Å². The number of nitrogens with zero attached hydrogens (tertiary/aromatic N) is 3. The first-order valence-electron chi connectivity index (χ1n) is 8.31. The van der Waals surface area contributed by atoms with Gasteiger partial charge in [0.1, 0.15) is 10.6 Å². The summed E-state index contributed by atoms with van der Waals surface area (Å²) in [6.07, 6.45) is 1.85. The van der Waals surface area contributed by atoms with Gasteiger partial charge in [0.15, 0.2) is 16.5 Å². The molecule has 1 aliphatic rings. The molecule has 25 heavy (non-hydrogen) atoms. The first kappa shape index (κ1) is 16.1. The highest BCUT2D eigenvalue weighted by molar-refractivity contribution is 7.17. The topological polar surface area (TPSA) is 72.4 Å². The Hall–Kier alpha value is -2.41. The average Bonchev–Trinajstić information content (AvgIpc) is 3.32. The number of carbonyl (C=O) groups excluding carboxylic acids is 1. The minimum atomic E-state index is -0.0514. The molecule has 1 amide bonds. The van der Waals surface area contributed by atoms with E-state index in [1.54, 1.807) is 0 Å². The van der Waals surface area contributed by atoms with Gasteiger partial charge in [-0.3, -0.25) is 4.79 Å². The van der Waals surface area contributed by atoms with Gasteiger partial charge in [-0.25, -0.2) is 4.98 Å². The molecule has 7 heteroatoms. The van der Waals surface area contributed by atoms with Crippen molar-refractivity contribution in [2.45, 2.75) is 39.7 Å². The lowest BCUT2D eigenvalue weighted by Crippen LogP contribution is -2.30. The lowest BCUT2D eigenvalue weighted by molar-refractivity contribution is 0.0718. The van der Waals surface area contributed by atoms with E-state index in [1.807, 2.05) is 43.9 Å². The zero-order chi connectivity index (χ0) is 17.6. The van der Waals surface area contributed by atoms with E-state index in [0.29, 0.717) is 10.6 Å². The molecule has 1 saturated heterocycles. The Morgan fingerprint density at radius 2 is 2.16 bits per heavy atom. The molecule has 1 fully saturated rings. The zero-order valence-electron chi connectivity index (χ0n) is 14.4. The number of aryl methyl sites for hydroxylation is 3. The molecule has 0 N–H and O–H groups in total. The number of amides is 1. The molecule has 0 bridgehead atoms. The van der Waals surface area contributed by atoms with Crippen molar-refractivity contribution in [3.05, 3.63) is 46.0 Å². The van der Waals surface area contributed by atoms with Crippen molar-refractivity contribution in [2.24, 2.45) is 0 Å². The zero-order valence-corrected chi connectivity index (χ0v) is 15.2. The van der Waals surface area contributed by atoms with Gasteiger partial charge in [-0.2, -0.15) is 0 Å². The minimum absolute atomic E-state index is 0.00100. The van der Waals surface area contributed by atoms with Crippen LogP contribution in [0.15, 0.2) is 27.1 Å². The molecular weight excluding hydrogens is 338 g/mol. The minimum Gasteiger partial charge on any atom is -0.459 e. The lowest BCUT2D eigenvalue weighted by Gasteiger charge is -2.22. The first-order chi connectivity index (χ1) is 12.0. The van der Waals surface area contributed by atoms with Gasteiger partial charge < -0.3 is 13.8 Å². The van der Waals surface area contributed by atoms with Crippen LogP contribution < -0.4 is 0 Å². The maximum Gasteiger partial charge on any atom is 0.266 e. The fourth-order valence-corrected chi connectivity index (χ4v) is 4.21. The Bertz CT molecular complexity index is 924. The first-order valence-corrected chi connectivity index (χ1v) is 9.13. The van der Waals surface area contributed by atoms with Crippen LogP contribution in [0.4, 0.5) is 0 Å². The van der Waals surface area contributed by atoms with Crippen LogP contribution in [0.2, 0.25) is 0 Å². The van der Waals surface area contributed by atoms with Gasteiger partial charge in [0.05, 0.1) is 17.4 Å². The number of likely N-dealkylation sites (tertiary alicyclic amines) is 1. The average molecular weight is 357 g/mol. The smallest absolute Gasteiger partial charge is 0.266 e. The van der Waals surface area contributed by atoms with E-state index < -0.39 is 0 Å². The maximum absolute atomic E-state index is 13.1. The van der Waals surface area contributed by atoms with Gasteiger partial charge >= 0.3 is 0 Å². The Labute approximate surface area is 149 Å². The summed E-state index contributed by atoms with van der Waals surface area (Å²) in [4.78, 5) is 20.2. The Morgan fingerprint density at radius 1 is 1.32 bits per heavy atom. The molecular formula is C18H19N3O3S. The molecule has 3 aromatic heterocycles. The summed E-state index contributed by atoms with van der Waals surface area (Å²) in [7, 11) is 0. The number of hydrogen-bond acceptors (Lipinski definition) is 6. The SMILES string of the molecule is Cc1cc([C@H]2CCCN2C(=O)c2sc(-c3ccc(C)o3)nc2C)on1. The second-order valence-corrected chi connectivity index (χ2v) is 7.37. The molecule has 4 rings (SSSR count). The molecule has 3 aromatic rings. The van der Waals surface area contributed by atoms with Crippen LogP contribution in [0.25, 0.3) is 10.8 Å². The fraction of sp³-hybridized carbons (Fsp3) is 0.389. The summed E-state index contributed by atoms with van der Waals surface area (Å²) in [6.45, 7) is 6.37. The van der Waals surface area contributed by atoms with Gasteiger partial charge in [0.25, 0.3) is 5.91 Å². The number of furan rings is 1. The van der Waals surface area contributed by atoms with Crippen LogP contribution in [0.1, 0.15) is 51.5 Å². The molecule has 130 valence electrons. The van der Waals surface area contributed by atoms with Crippen LogP contribution in [0, 0.1) is 20.8 Å². The molecule has 0 aliphatic carbocycles. The maximum atomic E-state index is 13.1. The van der Waals surface area contributed by atoms with Crippen molar-refractivity contribution in [3.63, 3.8) is 0 Å².